The zero-order valence-electron chi connectivity index (χ0n) is 12.8. The molecule has 0 atom stereocenters. The van der Waals surface area contributed by atoms with Crippen molar-refractivity contribution in [3.05, 3.63) is 34.9 Å². The van der Waals surface area contributed by atoms with Gasteiger partial charge in [0.25, 0.3) is 11.9 Å². The molecule has 1 aromatic carbocycles. The fourth-order valence-electron chi connectivity index (χ4n) is 2.11. The maximum atomic E-state index is 11.9. The largest absolute Gasteiger partial charge is 0.378 e. The Labute approximate surface area is 143 Å². The first-order valence-electron chi connectivity index (χ1n) is 7.39. The molecular weight excluding hydrogens is 334 g/mol. The van der Waals surface area contributed by atoms with Crippen LogP contribution in [0.3, 0.4) is 0 Å². The van der Waals surface area contributed by atoms with Crippen molar-refractivity contribution in [3.8, 4) is 0 Å². The van der Waals surface area contributed by atoms with Gasteiger partial charge in [0.05, 0.1) is 19.4 Å². The predicted molar refractivity (Wildman–Crippen MR) is 88.0 cm³/mol. The molecule has 0 aliphatic carbocycles. The van der Waals surface area contributed by atoms with Gasteiger partial charge in [0.15, 0.2) is 0 Å². The lowest BCUT2D eigenvalue weighted by molar-refractivity contribution is -0.122. The van der Waals surface area contributed by atoms with Gasteiger partial charge >= 0.3 is 0 Å². The van der Waals surface area contributed by atoms with Crippen LogP contribution in [0.1, 0.15) is 5.56 Å². The summed E-state index contributed by atoms with van der Waals surface area (Å²) in [6.45, 7) is 2.61. The average molecular weight is 350 g/mol. The number of hydrogen-bond donors (Lipinski definition) is 1. The van der Waals surface area contributed by atoms with Crippen molar-refractivity contribution in [2.24, 2.45) is 5.10 Å². The Bertz CT molecular complexity index is 727. The molecule has 1 amide bonds. The van der Waals surface area contributed by atoms with E-state index in [4.69, 9.17) is 16.3 Å². The second-order valence-electron chi connectivity index (χ2n) is 5.03. The Morgan fingerprint density at radius 2 is 2.17 bits per heavy atom. The zero-order chi connectivity index (χ0) is 16.8. The van der Waals surface area contributed by atoms with Gasteiger partial charge in [0, 0.05) is 23.7 Å². The van der Waals surface area contributed by atoms with E-state index in [0.717, 1.165) is 0 Å². The van der Waals surface area contributed by atoms with Crippen molar-refractivity contribution in [1.29, 1.82) is 0 Å². The van der Waals surface area contributed by atoms with Gasteiger partial charge < -0.3 is 9.64 Å². The van der Waals surface area contributed by atoms with Crippen molar-refractivity contribution < 1.29 is 9.53 Å². The molecule has 9 nitrogen and oxygen atoms in total. The summed E-state index contributed by atoms with van der Waals surface area (Å²) in [6.07, 6.45) is 1.48. The molecular formula is C14H16ClN7O2. The first-order chi connectivity index (χ1) is 11.7. The zero-order valence-corrected chi connectivity index (χ0v) is 13.6. The predicted octanol–water partition coefficient (Wildman–Crippen LogP) is 0.313. The number of rotatable bonds is 5. The van der Waals surface area contributed by atoms with Gasteiger partial charge in [0.1, 0.15) is 6.54 Å². The number of anilines is 1. The van der Waals surface area contributed by atoms with Gasteiger partial charge in [-0.1, -0.05) is 34.9 Å². The second-order valence-corrected chi connectivity index (χ2v) is 5.44. The number of halogens is 1. The van der Waals surface area contributed by atoms with Crippen LogP contribution < -0.4 is 10.3 Å². The molecule has 1 N–H and O–H groups in total. The Morgan fingerprint density at radius 3 is 2.96 bits per heavy atom. The molecule has 24 heavy (non-hydrogen) atoms. The summed E-state index contributed by atoms with van der Waals surface area (Å²) in [5.41, 5.74) is 3.12. The first-order valence-corrected chi connectivity index (χ1v) is 7.77. The summed E-state index contributed by atoms with van der Waals surface area (Å²) in [6, 6.07) is 7.20. The molecule has 0 unspecified atom stereocenters. The van der Waals surface area contributed by atoms with E-state index in [1.54, 1.807) is 12.1 Å². The smallest absolute Gasteiger partial charge is 0.266 e. The molecule has 0 radical (unpaired) electrons. The molecule has 0 saturated carbocycles. The lowest BCUT2D eigenvalue weighted by atomic mass is 10.2. The fraction of sp³-hybridized carbons (Fsp3) is 0.357. The molecule has 10 heteroatoms. The fourth-order valence-corrected chi connectivity index (χ4v) is 2.29. The van der Waals surface area contributed by atoms with Gasteiger partial charge in [-0.2, -0.15) is 9.90 Å². The minimum atomic E-state index is -0.357. The number of morpholine rings is 1. The van der Waals surface area contributed by atoms with E-state index in [0.29, 0.717) is 42.8 Å². The van der Waals surface area contributed by atoms with Crippen LogP contribution in [-0.4, -0.2) is 58.6 Å². The third-order valence-corrected chi connectivity index (χ3v) is 3.66. The van der Waals surface area contributed by atoms with Gasteiger partial charge in [0.2, 0.25) is 0 Å². The highest BCUT2D eigenvalue weighted by Gasteiger charge is 2.16. The molecule has 126 valence electrons. The number of carbonyl (C=O) groups is 1. The molecule has 2 heterocycles. The van der Waals surface area contributed by atoms with E-state index in [-0.39, 0.29) is 12.5 Å². The summed E-state index contributed by atoms with van der Waals surface area (Å²) in [4.78, 5) is 15.0. The molecule has 2 aromatic rings. The molecule has 1 saturated heterocycles. The minimum Gasteiger partial charge on any atom is -0.378 e. The quantitative estimate of drug-likeness (QED) is 0.616. The molecule has 1 fully saturated rings. The number of nitrogens with one attached hydrogen (secondary N) is 1. The summed E-state index contributed by atoms with van der Waals surface area (Å²) in [7, 11) is 0. The van der Waals surface area contributed by atoms with E-state index in [1.807, 2.05) is 17.0 Å². The van der Waals surface area contributed by atoms with Crippen molar-refractivity contribution in [3.63, 3.8) is 0 Å². The van der Waals surface area contributed by atoms with Crippen molar-refractivity contribution in [2.75, 3.05) is 31.2 Å². The summed E-state index contributed by atoms with van der Waals surface area (Å²) < 4.78 is 5.27. The lowest BCUT2D eigenvalue weighted by Gasteiger charge is -2.24. The highest BCUT2D eigenvalue weighted by Crippen LogP contribution is 2.12. The summed E-state index contributed by atoms with van der Waals surface area (Å²) in [5, 5.41) is 16.4. The van der Waals surface area contributed by atoms with Crippen LogP contribution in [0.2, 0.25) is 5.02 Å². The van der Waals surface area contributed by atoms with Gasteiger partial charge in [-0.15, -0.1) is 5.10 Å². The summed E-state index contributed by atoms with van der Waals surface area (Å²) in [5.74, 6) is 0.134. The number of hydrazone groups is 1. The number of tetrazole rings is 1. The Balaban J connectivity index is 1.52. The number of carbonyl (C=O) groups excluding carboxylic acids is 1. The number of aromatic nitrogens is 4. The van der Waals surface area contributed by atoms with E-state index >= 15 is 0 Å². The number of ether oxygens (including phenoxy) is 1. The van der Waals surface area contributed by atoms with E-state index in [2.05, 4.69) is 25.9 Å². The van der Waals surface area contributed by atoms with Crippen LogP contribution in [0.5, 0.6) is 0 Å². The Hall–Kier alpha value is -2.52. The van der Waals surface area contributed by atoms with Gasteiger partial charge in [-0.05, 0) is 11.3 Å². The average Bonchev–Trinajstić information content (AvgIpc) is 3.06. The van der Waals surface area contributed by atoms with Gasteiger partial charge in [-0.3, -0.25) is 4.79 Å². The third-order valence-electron chi connectivity index (χ3n) is 3.32. The monoisotopic (exact) mass is 349 g/mol. The highest BCUT2D eigenvalue weighted by atomic mass is 35.5. The first kappa shape index (κ1) is 16.3. The Kier molecular flexibility index (Phi) is 5.34. The molecule has 0 spiro atoms. The van der Waals surface area contributed by atoms with Crippen molar-refractivity contribution >= 4 is 29.7 Å². The SMILES string of the molecule is O=C(Cn1nnc(N2CCOCC2)n1)NN=Cc1ccccc1Cl. The summed E-state index contributed by atoms with van der Waals surface area (Å²) >= 11 is 6.00. The maximum absolute atomic E-state index is 11.9. The van der Waals surface area contributed by atoms with Crippen molar-refractivity contribution in [1.82, 2.24) is 25.6 Å². The van der Waals surface area contributed by atoms with Crippen LogP contribution >= 0.6 is 11.6 Å². The van der Waals surface area contributed by atoms with Crippen LogP contribution in [0, 0.1) is 0 Å². The van der Waals surface area contributed by atoms with Gasteiger partial charge in [-0.25, -0.2) is 5.43 Å². The Morgan fingerprint density at radius 1 is 1.38 bits per heavy atom. The van der Waals surface area contributed by atoms with Crippen molar-refractivity contribution in [2.45, 2.75) is 6.54 Å². The molecule has 1 aliphatic rings. The normalized spacial score (nSPS) is 15.0. The number of amides is 1. The molecule has 3 rings (SSSR count). The topological polar surface area (TPSA) is 97.5 Å². The standard InChI is InChI=1S/C14H16ClN7O2/c15-12-4-2-1-3-11(12)9-16-17-13(23)10-22-19-14(18-20-22)21-5-7-24-8-6-21/h1-4,9H,5-8,10H2,(H,17,23). The lowest BCUT2D eigenvalue weighted by Crippen LogP contribution is -2.37. The van der Waals surface area contributed by atoms with E-state index in [9.17, 15) is 4.79 Å². The minimum absolute atomic E-state index is 0.0722. The molecule has 1 aliphatic heterocycles. The molecule has 1 aromatic heterocycles. The highest BCUT2D eigenvalue weighted by molar-refractivity contribution is 6.33. The second kappa shape index (κ2) is 7.84. The number of nitrogens with zero attached hydrogens (tertiary/aromatic N) is 6. The number of benzene rings is 1. The van der Waals surface area contributed by atoms with E-state index in [1.165, 1.54) is 11.0 Å². The van der Waals surface area contributed by atoms with Crippen LogP contribution in [0.15, 0.2) is 29.4 Å². The van der Waals surface area contributed by atoms with Crippen LogP contribution in [-0.2, 0) is 16.1 Å². The number of hydrogen-bond acceptors (Lipinski definition) is 7. The third kappa shape index (κ3) is 4.27. The van der Waals surface area contributed by atoms with E-state index < -0.39 is 0 Å². The van der Waals surface area contributed by atoms with Crippen LogP contribution in [0.25, 0.3) is 0 Å². The van der Waals surface area contributed by atoms with Crippen LogP contribution in [0.4, 0.5) is 5.95 Å². The maximum Gasteiger partial charge on any atom is 0.266 e. The molecule has 0 bridgehead atoms.